The Morgan fingerprint density at radius 1 is 1.44 bits per heavy atom. The van der Waals surface area contributed by atoms with Gasteiger partial charge in [-0.25, -0.2) is 4.79 Å². The van der Waals surface area contributed by atoms with E-state index in [-0.39, 0.29) is 0 Å². The standard InChI is InChI=1S/C12H16N4O2/c1-7(11(17)15-12(14)18)16-6-5-8-9(13)3-2-4-10(8)16/h2-4,7H,5-6,13H2,1H3,(H3,14,15,17,18). The number of nitrogens with zero attached hydrogens (tertiary/aromatic N) is 1. The Kier molecular flexibility index (Phi) is 3.10. The lowest BCUT2D eigenvalue weighted by atomic mass is 10.1. The lowest BCUT2D eigenvalue weighted by molar-refractivity contribution is -0.120. The lowest BCUT2D eigenvalue weighted by Crippen LogP contribution is -2.48. The van der Waals surface area contributed by atoms with Crippen LogP contribution in [0.3, 0.4) is 0 Å². The fourth-order valence-electron chi connectivity index (χ4n) is 2.26. The SMILES string of the molecule is CC(C(=O)NC(N)=O)N1CCc2c(N)cccc21. The van der Waals surface area contributed by atoms with E-state index in [0.717, 1.165) is 23.4 Å². The Balaban J connectivity index is 2.21. The van der Waals surface area contributed by atoms with Crippen molar-refractivity contribution in [3.8, 4) is 0 Å². The van der Waals surface area contributed by atoms with Gasteiger partial charge >= 0.3 is 6.03 Å². The normalized spacial score (nSPS) is 15.1. The number of urea groups is 1. The predicted molar refractivity (Wildman–Crippen MR) is 69.1 cm³/mol. The van der Waals surface area contributed by atoms with Crippen LogP contribution in [0, 0.1) is 0 Å². The number of carbonyl (C=O) groups is 2. The second kappa shape index (κ2) is 4.56. The van der Waals surface area contributed by atoms with E-state index in [1.807, 2.05) is 23.1 Å². The Bertz CT molecular complexity index is 501. The maximum Gasteiger partial charge on any atom is 0.318 e. The molecule has 1 atom stereocenters. The van der Waals surface area contributed by atoms with Gasteiger partial charge in [-0.3, -0.25) is 10.1 Å². The van der Waals surface area contributed by atoms with Gasteiger partial charge in [0.2, 0.25) is 5.91 Å². The lowest BCUT2D eigenvalue weighted by Gasteiger charge is -2.25. The molecule has 1 aromatic rings. The number of amides is 3. The Labute approximate surface area is 105 Å². The minimum Gasteiger partial charge on any atom is -0.398 e. The molecule has 1 aliphatic rings. The number of benzene rings is 1. The predicted octanol–water partition coefficient (Wildman–Crippen LogP) is 0.215. The van der Waals surface area contributed by atoms with Crippen LogP contribution in [0.2, 0.25) is 0 Å². The zero-order valence-corrected chi connectivity index (χ0v) is 10.1. The molecular formula is C12H16N4O2. The maximum atomic E-state index is 11.8. The molecule has 6 heteroatoms. The fraction of sp³-hybridized carbons (Fsp3) is 0.333. The number of nitrogens with one attached hydrogen (secondary N) is 1. The number of imide groups is 1. The van der Waals surface area contributed by atoms with Gasteiger partial charge in [0.05, 0.1) is 0 Å². The minimum absolute atomic E-state index is 0.405. The van der Waals surface area contributed by atoms with E-state index >= 15 is 0 Å². The van der Waals surface area contributed by atoms with Crippen LogP contribution in [-0.2, 0) is 11.2 Å². The molecule has 5 N–H and O–H groups in total. The summed E-state index contributed by atoms with van der Waals surface area (Å²) in [5, 5.41) is 2.09. The van der Waals surface area contributed by atoms with Crippen molar-refractivity contribution in [1.82, 2.24) is 5.32 Å². The molecule has 1 heterocycles. The average molecular weight is 248 g/mol. The average Bonchev–Trinajstić information content (AvgIpc) is 2.72. The van der Waals surface area contributed by atoms with E-state index < -0.39 is 18.0 Å². The van der Waals surface area contributed by atoms with Crippen LogP contribution < -0.4 is 21.7 Å². The van der Waals surface area contributed by atoms with E-state index in [0.29, 0.717) is 6.54 Å². The van der Waals surface area contributed by atoms with Crippen molar-refractivity contribution in [3.05, 3.63) is 23.8 Å². The third kappa shape index (κ3) is 2.09. The Hall–Kier alpha value is -2.24. The van der Waals surface area contributed by atoms with Gasteiger partial charge in [-0.05, 0) is 25.5 Å². The van der Waals surface area contributed by atoms with Gasteiger partial charge < -0.3 is 16.4 Å². The largest absolute Gasteiger partial charge is 0.398 e. The summed E-state index contributed by atoms with van der Waals surface area (Å²) >= 11 is 0. The molecule has 0 aliphatic carbocycles. The molecule has 0 saturated carbocycles. The monoisotopic (exact) mass is 248 g/mol. The van der Waals surface area contributed by atoms with Crippen molar-refractivity contribution in [2.45, 2.75) is 19.4 Å². The number of primary amides is 1. The second-order valence-corrected chi connectivity index (χ2v) is 4.32. The molecule has 2 rings (SSSR count). The number of rotatable bonds is 2. The van der Waals surface area contributed by atoms with E-state index in [2.05, 4.69) is 5.32 Å². The summed E-state index contributed by atoms with van der Waals surface area (Å²) in [5.74, 6) is -0.405. The third-order valence-electron chi connectivity index (χ3n) is 3.19. The number of nitrogens with two attached hydrogens (primary N) is 2. The molecule has 0 radical (unpaired) electrons. The van der Waals surface area contributed by atoms with Crippen molar-refractivity contribution in [2.75, 3.05) is 17.2 Å². The highest BCUT2D eigenvalue weighted by atomic mass is 16.2. The molecule has 1 aromatic carbocycles. The number of fused-ring (bicyclic) bond motifs is 1. The first kappa shape index (κ1) is 12.2. The summed E-state index contributed by atoms with van der Waals surface area (Å²) in [6, 6.07) is 4.33. The molecule has 96 valence electrons. The third-order valence-corrected chi connectivity index (χ3v) is 3.19. The molecule has 0 bridgehead atoms. The Morgan fingerprint density at radius 3 is 2.83 bits per heavy atom. The van der Waals surface area contributed by atoms with Crippen LogP contribution in [0.5, 0.6) is 0 Å². The van der Waals surface area contributed by atoms with Gasteiger partial charge in [0, 0.05) is 23.5 Å². The van der Waals surface area contributed by atoms with Crippen molar-refractivity contribution < 1.29 is 9.59 Å². The first-order valence-corrected chi connectivity index (χ1v) is 5.75. The summed E-state index contributed by atoms with van der Waals surface area (Å²) in [7, 11) is 0. The highest BCUT2D eigenvalue weighted by molar-refractivity contribution is 5.98. The highest BCUT2D eigenvalue weighted by Crippen LogP contribution is 2.33. The molecule has 3 amide bonds. The summed E-state index contributed by atoms with van der Waals surface area (Å²) in [4.78, 5) is 24.4. The molecule has 6 nitrogen and oxygen atoms in total. The van der Waals surface area contributed by atoms with Crippen molar-refractivity contribution in [3.63, 3.8) is 0 Å². The minimum atomic E-state index is -0.834. The van der Waals surface area contributed by atoms with Crippen molar-refractivity contribution in [2.24, 2.45) is 5.73 Å². The van der Waals surface area contributed by atoms with Gasteiger partial charge in [-0.2, -0.15) is 0 Å². The topological polar surface area (TPSA) is 101 Å². The van der Waals surface area contributed by atoms with Crippen LogP contribution in [0.25, 0.3) is 0 Å². The van der Waals surface area contributed by atoms with E-state index in [1.54, 1.807) is 6.92 Å². The smallest absolute Gasteiger partial charge is 0.318 e. The molecule has 18 heavy (non-hydrogen) atoms. The zero-order chi connectivity index (χ0) is 13.3. The first-order chi connectivity index (χ1) is 8.50. The van der Waals surface area contributed by atoms with Crippen LogP contribution in [-0.4, -0.2) is 24.5 Å². The van der Waals surface area contributed by atoms with Gasteiger partial charge in [-0.15, -0.1) is 0 Å². The number of hydrogen-bond donors (Lipinski definition) is 3. The summed E-state index contributed by atoms with van der Waals surface area (Å²) in [6.07, 6.45) is 0.802. The van der Waals surface area contributed by atoms with Crippen LogP contribution in [0.4, 0.5) is 16.2 Å². The summed E-state index contributed by atoms with van der Waals surface area (Å²) in [5.41, 5.74) is 13.6. The van der Waals surface area contributed by atoms with Crippen LogP contribution >= 0.6 is 0 Å². The van der Waals surface area contributed by atoms with Crippen molar-refractivity contribution >= 4 is 23.3 Å². The maximum absolute atomic E-state index is 11.8. The van der Waals surface area contributed by atoms with Gasteiger partial charge in [-0.1, -0.05) is 6.07 Å². The van der Waals surface area contributed by atoms with Gasteiger partial charge in [0.15, 0.2) is 0 Å². The fourth-order valence-corrected chi connectivity index (χ4v) is 2.26. The van der Waals surface area contributed by atoms with Crippen LogP contribution in [0.15, 0.2) is 18.2 Å². The second-order valence-electron chi connectivity index (χ2n) is 4.32. The molecule has 0 spiro atoms. The first-order valence-electron chi connectivity index (χ1n) is 5.75. The molecule has 1 aliphatic heterocycles. The van der Waals surface area contributed by atoms with Crippen molar-refractivity contribution in [1.29, 1.82) is 0 Å². The highest BCUT2D eigenvalue weighted by Gasteiger charge is 2.29. The summed E-state index contributed by atoms with van der Waals surface area (Å²) < 4.78 is 0. The number of anilines is 2. The van der Waals surface area contributed by atoms with Gasteiger partial charge in [0.1, 0.15) is 6.04 Å². The zero-order valence-electron chi connectivity index (χ0n) is 10.1. The Morgan fingerprint density at radius 2 is 2.17 bits per heavy atom. The molecule has 0 fully saturated rings. The van der Waals surface area contributed by atoms with Gasteiger partial charge in [0.25, 0.3) is 0 Å². The van der Waals surface area contributed by atoms with Crippen LogP contribution in [0.1, 0.15) is 12.5 Å². The van der Waals surface area contributed by atoms with E-state index in [1.165, 1.54) is 0 Å². The van der Waals surface area contributed by atoms with E-state index in [9.17, 15) is 9.59 Å². The number of carbonyl (C=O) groups excluding carboxylic acids is 2. The molecular weight excluding hydrogens is 232 g/mol. The quantitative estimate of drug-likeness (QED) is 0.651. The molecule has 0 aromatic heterocycles. The molecule has 0 saturated heterocycles. The molecule has 1 unspecified atom stereocenters. The number of hydrogen-bond acceptors (Lipinski definition) is 4. The van der Waals surface area contributed by atoms with E-state index in [4.69, 9.17) is 11.5 Å². The number of nitrogen functional groups attached to an aromatic ring is 1. The summed E-state index contributed by atoms with van der Waals surface area (Å²) in [6.45, 7) is 2.44.